The first-order valence-electron chi connectivity index (χ1n) is 5.85. The highest BCUT2D eigenvalue weighted by atomic mass is 79.9. The molecule has 98 valence electrons. The fraction of sp³-hybridized carbons (Fsp3) is 0.214. The van der Waals surface area contributed by atoms with Crippen molar-refractivity contribution >= 4 is 27.7 Å². The highest BCUT2D eigenvalue weighted by Gasteiger charge is 2.07. The van der Waals surface area contributed by atoms with E-state index in [1.807, 2.05) is 24.3 Å². The van der Waals surface area contributed by atoms with Crippen molar-refractivity contribution in [2.45, 2.75) is 6.92 Å². The molecule has 1 aromatic heterocycles. The van der Waals surface area contributed by atoms with Gasteiger partial charge in [0.2, 0.25) is 5.95 Å². The van der Waals surface area contributed by atoms with Gasteiger partial charge in [0.1, 0.15) is 5.78 Å². The fourth-order valence-corrected chi connectivity index (χ4v) is 1.98. The maximum absolute atomic E-state index is 11.0. The average molecular weight is 320 g/mol. The van der Waals surface area contributed by atoms with E-state index >= 15 is 0 Å². The van der Waals surface area contributed by atoms with Gasteiger partial charge in [0.05, 0.1) is 6.54 Å². The summed E-state index contributed by atoms with van der Waals surface area (Å²) in [7, 11) is 1.80. The maximum Gasteiger partial charge on any atom is 0.225 e. The highest BCUT2D eigenvalue weighted by molar-refractivity contribution is 9.10. The molecule has 5 heteroatoms. The summed E-state index contributed by atoms with van der Waals surface area (Å²) < 4.78 is 1.04. The normalized spacial score (nSPS) is 10.3. The van der Waals surface area contributed by atoms with Crippen LogP contribution in [0.25, 0.3) is 11.1 Å². The first-order chi connectivity index (χ1) is 9.06. The minimum absolute atomic E-state index is 0.0862. The van der Waals surface area contributed by atoms with Crippen LogP contribution in [0.15, 0.2) is 41.1 Å². The highest BCUT2D eigenvalue weighted by Crippen LogP contribution is 2.21. The molecule has 0 atom stereocenters. The Bertz CT molecular complexity index is 566. The molecule has 2 aromatic rings. The lowest BCUT2D eigenvalue weighted by Crippen LogP contribution is -2.25. The van der Waals surface area contributed by atoms with Crippen LogP contribution in [0.2, 0.25) is 0 Å². The van der Waals surface area contributed by atoms with Crippen molar-refractivity contribution < 1.29 is 4.79 Å². The van der Waals surface area contributed by atoms with E-state index in [4.69, 9.17) is 0 Å². The van der Waals surface area contributed by atoms with Crippen molar-refractivity contribution in [1.82, 2.24) is 9.97 Å². The van der Waals surface area contributed by atoms with E-state index in [1.165, 1.54) is 0 Å². The molecule has 0 aliphatic carbocycles. The quantitative estimate of drug-likeness (QED) is 0.869. The number of hydrogen-bond acceptors (Lipinski definition) is 4. The van der Waals surface area contributed by atoms with Crippen LogP contribution in [-0.4, -0.2) is 29.3 Å². The number of ketones is 1. The molecular formula is C14H14BrN3O. The molecule has 0 unspecified atom stereocenters. The third kappa shape index (κ3) is 3.61. The van der Waals surface area contributed by atoms with Gasteiger partial charge in [-0.2, -0.15) is 0 Å². The Morgan fingerprint density at radius 3 is 2.26 bits per heavy atom. The van der Waals surface area contributed by atoms with Gasteiger partial charge >= 0.3 is 0 Å². The van der Waals surface area contributed by atoms with Crippen LogP contribution in [0, 0.1) is 0 Å². The fourth-order valence-electron chi connectivity index (χ4n) is 1.71. The maximum atomic E-state index is 11.0. The van der Waals surface area contributed by atoms with Crippen molar-refractivity contribution in [2.24, 2.45) is 0 Å². The van der Waals surface area contributed by atoms with Crippen molar-refractivity contribution in [3.63, 3.8) is 0 Å². The van der Waals surface area contributed by atoms with E-state index in [0.717, 1.165) is 15.6 Å². The summed E-state index contributed by atoms with van der Waals surface area (Å²) in [6.45, 7) is 1.87. The molecule has 0 aliphatic heterocycles. The molecule has 1 aromatic carbocycles. The summed E-state index contributed by atoms with van der Waals surface area (Å²) in [5.41, 5.74) is 2.01. The van der Waals surface area contributed by atoms with Crippen LogP contribution in [0.4, 0.5) is 5.95 Å². The largest absolute Gasteiger partial charge is 0.337 e. The summed E-state index contributed by atoms with van der Waals surface area (Å²) in [6, 6.07) is 7.96. The Morgan fingerprint density at radius 2 is 1.74 bits per heavy atom. The summed E-state index contributed by atoms with van der Waals surface area (Å²) in [5.74, 6) is 0.638. The zero-order chi connectivity index (χ0) is 13.8. The molecule has 0 aliphatic rings. The second-order valence-corrected chi connectivity index (χ2v) is 5.25. The standard InChI is InChI=1S/C14H14BrN3O/c1-10(19)9-18(2)14-16-7-12(8-17-14)11-3-5-13(15)6-4-11/h3-8H,9H2,1-2H3. The number of hydrogen-bond donors (Lipinski definition) is 0. The first-order valence-corrected chi connectivity index (χ1v) is 6.64. The molecule has 0 radical (unpaired) electrons. The number of anilines is 1. The number of likely N-dealkylation sites (N-methyl/N-ethyl adjacent to an activating group) is 1. The van der Waals surface area contributed by atoms with E-state index in [0.29, 0.717) is 12.5 Å². The van der Waals surface area contributed by atoms with Gasteiger partial charge in [0, 0.05) is 29.5 Å². The molecule has 1 heterocycles. The molecular weight excluding hydrogens is 306 g/mol. The average Bonchev–Trinajstić information content (AvgIpc) is 2.39. The smallest absolute Gasteiger partial charge is 0.225 e. The van der Waals surface area contributed by atoms with Crippen molar-refractivity contribution in [3.8, 4) is 11.1 Å². The topological polar surface area (TPSA) is 46.1 Å². The van der Waals surface area contributed by atoms with E-state index in [2.05, 4.69) is 25.9 Å². The zero-order valence-electron chi connectivity index (χ0n) is 10.8. The van der Waals surface area contributed by atoms with Gasteiger partial charge in [0.15, 0.2) is 0 Å². The van der Waals surface area contributed by atoms with Gasteiger partial charge in [-0.25, -0.2) is 9.97 Å². The Kier molecular flexibility index (Phi) is 4.27. The van der Waals surface area contributed by atoms with E-state index in [9.17, 15) is 4.79 Å². The van der Waals surface area contributed by atoms with Crippen LogP contribution in [-0.2, 0) is 4.79 Å². The molecule has 0 saturated carbocycles. The van der Waals surface area contributed by atoms with Crippen molar-refractivity contribution in [1.29, 1.82) is 0 Å². The van der Waals surface area contributed by atoms with Gasteiger partial charge in [-0.15, -0.1) is 0 Å². The predicted octanol–water partition coefficient (Wildman–Crippen LogP) is 2.93. The number of Topliss-reactive ketones (excluding diaryl/α,β-unsaturated/α-hetero) is 1. The SMILES string of the molecule is CC(=O)CN(C)c1ncc(-c2ccc(Br)cc2)cn1. The third-order valence-electron chi connectivity index (χ3n) is 2.62. The van der Waals surface area contributed by atoms with Crippen molar-refractivity contribution in [2.75, 3.05) is 18.5 Å². The third-order valence-corrected chi connectivity index (χ3v) is 3.15. The number of nitrogens with zero attached hydrogens (tertiary/aromatic N) is 3. The lowest BCUT2D eigenvalue weighted by molar-refractivity contribution is -0.115. The minimum atomic E-state index is 0.0862. The number of rotatable bonds is 4. The molecule has 0 bridgehead atoms. The number of benzene rings is 1. The Hall–Kier alpha value is -1.75. The Balaban J connectivity index is 2.18. The van der Waals surface area contributed by atoms with Gasteiger partial charge in [-0.3, -0.25) is 4.79 Å². The van der Waals surface area contributed by atoms with Crippen LogP contribution < -0.4 is 4.90 Å². The molecule has 2 rings (SSSR count). The summed E-state index contributed by atoms with van der Waals surface area (Å²) in [6.07, 6.45) is 3.53. The van der Waals surface area contributed by atoms with Crippen LogP contribution in [0.1, 0.15) is 6.92 Å². The Labute approximate surface area is 120 Å². The number of carbonyl (C=O) groups is 1. The van der Waals surface area contributed by atoms with Crippen molar-refractivity contribution in [3.05, 3.63) is 41.1 Å². The van der Waals surface area contributed by atoms with Gasteiger partial charge in [0.25, 0.3) is 0 Å². The van der Waals surface area contributed by atoms with Gasteiger partial charge in [-0.1, -0.05) is 28.1 Å². The van der Waals surface area contributed by atoms with Crippen LogP contribution in [0.3, 0.4) is 0 Å². The zero-order valence-corrected chi connectivity index (χ0v) is 12.4. The Morgan fingerprint density at radius 1 is 1.16 bits per heavy atom. The predicted molar refractivity (Wildman–Crippen MR) is 79.1 cm³/mol. The molecule has 0 amide bonds. The van der Waals surface area contributed by atoms with E-state index in [1.54, 1.807) is 31.3 Å². The number of halogens is 1. The lowest BCUT2D eigenvalue weighted by atomic mass is 10.1. The molecule has 0 N–H and O–H groups in total. The second-order valence-electron chi connectivity index (χ2n) is 4.34. The molecule has 4 nitrogen and oxygen atoms in total. The summed E-state index contributed by atoms with van der Waals surface area (Å²) in [5, 5.41) is 0. The van der Waals surface area contributed by atoms with Crippen LogP contribution >= 0.6 is 15.9 Å². The molecule has 19 heavy (non-hydrogen) atoms. The number of aromatic nitrogens is 2. The van der Waals surface area contributed by atoms with E-state index < -0.39 is 0 Å². The second kappa shape index (κ2) is 5.93. The van der Waals surface area contributed by atoms with Gasteiger partial charge in [-0.05, 0) is 24.6 Å². The van der Waals surface area contributed by atoms with E-state index in [-0.39, 0.29) is 5.78 Å². The van der Waals surface area contributed by atoms with Crippen LogP contribution in [0.5, 0.6) is 0 Å². The minimum Gasteiger partial charge on any atom is -0.337 e. The number of carbonyl (C=O) groups excluding carboxylic acids is 1. The summed E-state index contributed by atoms with van der Waals surface area (Å²) >= 11 is 3.40. The molecule has 0 saturated heterocycles. The lowest BCUT2D eigenvalue weighted by Gasteiger charge is -2.14. The monoisotopic (exact) mass is 319 g/mol. The summed E-state index contributed by atoms with van der Waals surface area (Å²) in [4.78, 5) is 21.3. The molecule has 0 fully saturated rings. The van der Waals surface area contributed by atoms with Gasteiger partial charge < -0.3 is 4.90 Å². The first kappa shape index (κ1) is 13.7. The molecule has 0 spiro atoms.